The predicted molar refractivity (Wildman–Crippen MR) is 84.2 cm³/mol. The van der Waals surface area contributed by atoms with E-state index in [9.17, 15) is 4.79 Å². The molecule has 0 radical (unpaired) electrons. The zero-order valence-electron chi connectivity index (χ0n) is 13.7. The van der Waals surface area contributed by atoms with E-state index in [1.165, 1.54) is 0 Å². The molecule has 1 atom stereocenters. The monoisotopic (exact) mass is 295 g/mol. The Kier molecular flexibility index (Phi) is 6.89. The molecule has 0 bridgehead atoms. The highest BCUT2D eigenvalue weighted by Crippen LogP contribution is 2.26. The molecule has 0 fully saturated rings. The van der Waals surface area contributed by atoms with Crippen LogP contribution in [-0.2, 0) is 11.3 Å². The summed E-state index contributed by atoms with van der Waals surface area (Å²) in [5.74, 6) is -0.716. The third kappa shape index (κ3) is 6.76. The SMILES string of the molecule is CCC(C)n1ccc(CNCCC(C)(C)CCC(=O)O)n1. The van der Waals surface area contributed by atoms with E-state index in [4.69, 9.17) is 5.11 Å². The van der Waals surface area contributed by atoms with Gasteiger partial charge in [-0.2, -0.15) is 5.10 Å². The van der Waals surface area contributed by atoms with Crippen molar-refractivity contribution in [2.24, 2.45) is 5.41 Å². The van der Waals surface area contributed by atoms with Crippen molar-refractivity contribution < 1.29 is 9.90 Å². The van der Waals surface area contributed by atoms with Crippen LogP contribution in [0.5, 0.6) is 0 Å². The molecule has 2 N–H and O–H groups in total. The summed E-state index contributed by atoms with van der Waals surface area (Å²) in [6, 6.07) is 2.49. The fourth-order valence-electron chi connectivity index (χ4n) is 2.12. The van der Waals surface area contributed by atoms with Crippen LogP contribution < -0.4 is 5.32 Å². The van der Waals surface area contributed by atoms with Gasteiger partial charge in [-0.25, -0.2) is 0 Å². The Balaban J connectivity index is 2.27. The second-order valence-corrected chi connectivity index (χ2v) is 6.53. The van der Waals surface area contributed by atoms with Crippen LogP contribution in [0.25, 0.3) is 0 Å². The molecule has 21 heavy (non-hydrogen) atoms. The first-order chi connectivity index (χ1) is 9.84. The molecule has 0 saturated heterocycles. The minimum absolute atomic E-state index is 0.0570. The zero-order chi connectivity index (χ0) is 15.9. The molecule has 0 aliphatic carbocycles. The quantitative estimate of drug-likeness (QED) is 0.650. The Morgan fingerprint density at radius 2 is 2.19 bits per heavy atom. The molecule has 0 aliphatic heterocycles. The van der Waals surface area contributed by atoms with Crippen molar-refractivity contribution in [3.05, 3.63) is 18.0 Å². The van der Waals surface area contributed by atoms with E-state index in [-0.39, 0.29) is 11.8 Å². The largest absolute Gasteiger partial charge is 0.481 e. The number of rotatable bonds is 10. The first-order valence-corrected chi connectivity index (χ1v) is 7.80. The lowest BCUT2D eigenvalue weighted by molar-refractivity contribution is -0.137. The standard InChI is InChI=1S/C16H29N3O2/c1-5-13(2)19-11-7-14(18-19)12-17-10-9-16(3,4)8-6-15(20)21/h7,11,13,17H,5-6,8-10,12H2,1-4H3,(H,20,21). The molecule has 1 rings (SSSR count). The number of aromatic nitrogens is 2. The number of carboxylic acid groups (broad SMARTS) is 1. The smallest absolute Gasteiger partial charge is 0.303 e. The van der Waals surface area contributed by atoms with Crippen LogP contribution in [0.15, 0.2) is 12.3 Å². The highest BCUT2D eigenvalue weighted by Gasteiger charge is 2.18. The molecule has 1 heterocycles. The summed E-state index contributed by atoms with van der Waals surface area (Å²) in [5, 5.41) is 16.7. The van der Waals surface area contributed by atoms with Crippen molar-refractivity contribution in [2.45, 2.75) is 66.0 Å². The zero-order valence-corrected chi connectivity index (χ0v) is 13.7. The van der Waals surface area contributed by atoms with E-state index in [1.54, 1.807) is 0 Å². The van der Waals surface area contributed by atoms with Crippen molar-refractivity contribution >= 4 is 5.97 Å². The van der Waals surface area contributed by atoms with E-state index in [0.717, 1.165) is 31.6 Å². The molecule has 1 aromatic heterocycles. The maximum atomic E-state index is 10.6. The van der Waals surface area contributed by atoms with Crippen LogP contribution in [0.3, 0.4) is 0 Å². The number of nitrogens with one attached hydrogen (secondary N) is 1. The summed E-state index contributed by atoms with van der Waals surface area (Å²) >= 11 is 0. The molecule has 1 unspecified atom stereocenters. The van der Waals surface area contributed by atoms with Crippen LogP contribution in [0.1, 0.15) is 65.1 Å². The van der Waals surface area contributed by atoms with Crippen LogP contribution in [-0.4, -0.2) is 27.4 Å². The lowest BCUT2D eigenvalue weighted by Gasteiger charge is -2.23. The number of carbonyl (C=O) groups is 1. The molecule has 120 valence electrons. The van der Waals surface area contributed by atoms with Crippen LogP contribution in [0.4, 0.5) is 0 Å². The van der Waals surface area contributed by atoms with Gasteiger partial charge in [0.1, 0.15) is 0 Å². The lowest BCUT2D eigenvalue weighted by atomic mass is 9.84. The van der Waals surface area contributed by atoms with Gasteiger partial charge in [-0.05, 0) is 44.2 Å². The molecule has 0 aromatic carbocycles. The van der Waals surface area contributed by atoms with Crippen LogP contribution >= 0.6 is 0 Å². The third-order valence-electron chi connectivity index (χ3n) is 4.01. The average molecular weight is 295 g/mol. The van der Waals surface area contributed by atoms with E-state index in [2.05, 4.69) is 44.2 Å². The van der Waals surface area contributed by atoms with Gasteiger partial charge >= 0.3 is 5.97 Å². The van der Waals surface area contributed by atoms with Crippen molar-refractivity contribution in [1.29, 1.82) is 0 Å². The Morgan fingerprint density at radius 1 is 1.48 bits per heavy atom. The molecule has 1 aromatic rings. The van der Waals surface area contributed by atoms with Gasteiger partial charge in [-0.1, -0.05) is 20.8 Å². The molecule has 5 nitrogen and oxygen atoms in total. The molecule has 0 saturated carbocycles. The van der Waals surface area contributed by atoms with E-state index in [1.807, 2.05) is 10.9 Å². The summed E-state index contributed by atoms with van der Waals surface area (Å²) in [7, 11) is 0. The van der Waals surface area contributed by atoms with Gasteiger partial charge in [0.05, 0.1) is 5.69 Å². The second kappa shape index (κ2) is 8.17. The van der Waals surface area contributed by atoms with Crippen molar-refractivity contribution in [1.82, 2.24) is 15.1 Å². The maximum Gasteiger partial charge on any atom is 0.303 e. The van der Waals surface area contributed by atoms with Crippen LogP contribution in [0.2, 0.25) is 0 Å². The fourth-order valence-corrected chi connectivity index (χ4v) is 2.12. The molecule has 0 amide bonds. The second-order valence-electron chi connectivity index (χ2n) is 6.53. The van der Waals surface area contributed by atoms with E-state index in [0.29, 0.717) is 12.5 Å². The summed E-state index contributed by atoms with van der Waals surface area (Å²) in [4.78, 5) is 10.6. The minimum atomic E-state index is -0.716. The molecule has 0 spiro atoms. The van der Waals surface area contributed by atoms with E-state index < -0.39 is 5.97 Å². The van der Waals surface area contributed by atoms with E-state index >= 15 is 0 Å². The highest BCUT2D eigenvalue weighted by atomic mass is 16.4. The minimum Gasteiger partial charge on any atom is -0.481 e. The average Bonchev–Trinajstić information content (AvgIpc) is 2.89. The molecular formula is C16H29N3O2. The number of hydrogen-bond donors (Lipinski definition) is 2. The Labute approximate surface area is 127 Å². The van der Waals surface area contributed by atoms with Crippen molar-refractivity contribution in [2.75, 3.05) is 6.54 Å². The predicted octanol–water partition coefficient (Wildman–Crippen LogP) is 3.22. The normalized spacial score (nSPS) is 13.3. The summed E-state index contributed by atoms with van der Waals surface area (Å²) < 4.78 is 2.01. The number of carboxylic acids is 1. The Hall–Kier alpha value is -1.36. The van der Waals surface area contributed by atoms with Gasteiger partial charge in [-0.15, -0.1) is 0 Å². The Morgan fingerprint density at radius 3 is 2.81 bits per heavy atom. The number of aliphatic carboxylic acids is 1. The van der Waals surface area contributed by atoms with Gasteiger partial charge in [0, 0.05) is 25.2 Å². The van der Waals surface area contributed by atoms with Crippen molar-refractivity contribution in [3.63, 3.8) is 0 Å². The summed E-state index contributed by atoms with van der Waals surface area (Å²) in [6.07, 6.45) is 5.03. The summed E-state index contributed by atoms with van der Waals surface area (Å²) in [6.45, 7) is 10.2. The van der Waals surface area contributed by atoms with Gasteiger partial charge in [0.15, 0.2) is 0 Å². The number of hydrogen-bond acceptors (Lipinski definition) is 3. The first-order valence-electron chi connectivity index (χ1n) is 7.80. The summed E-state index contributed by atoms with van der Waals surface area (Å²) in [5.41, 5.74) is 1.11. The Bertz CT molecular complexity index is 440. The maximum absolute atomic E-state index is 10.6. The first kappa shape index (κ1) is 17.7. The molecular weight excluding hydrogens is 266 g/mol. The highest BCUT2D eigenvalue weighted by molar-refractivity contribution is 5.66. The van der Waals surface area contributed by atoms with Gasteiger partial charge < -0.3 is 10.4 Å². The molecule has 5 heteroatoms. The fraction of sp³-hybridized carbons (Fsp3) is 0.750. The van der Waals surface area contributed by atoms with Crippen molar-refractivity contribution in [3.8, 4) is 0 Å². The van der Waals surface area contributed by atoms with Gasteiger partial charge in [0.25, 0.3) is 0 Å². The number of nitrogens with zero attached hydrogens (tertiary/aromatic N) is 2. The lowest BCUT2D eigenvalue weighted by Crippen LogP contribution is -2.23. The third-order valence-corrected chi connectivity index (χ3v) is 4.01. The topological polar surface area (TPSA) is 67.2 Å². The van der Waals surface area contributed by atoms with Gasteiger partial charge in [0.2, 0.25) is 0 Å². The van der Waals surface area contributed by atoms with Gasteiger partial charge in [-0.3, -0.25) is 9.48 Å². The molecule has 0 aliphatic rings. The van der Waals surface area contributed by atoms with Crippen LogP contribution in [0, 0.1) is 5.41 Å².